The Balaban J connectivity index is 2.37. The Morgan fingerprint density at radius 1 is 1.33 bits per heavy atom. The van der Waals surface area contributed by atoms with Crippen LogP contribution in [0.15, 0.2) is 9.63 Å². The summed E-state index contributed by atoms with van der Waals surface area (Å²) in [7, 11) is -1.99. The molecule has 0 spiro atoms. The minimum absolute atomic E-state index is 0.101. The fourth-order valence-electron chi connectivity index (χ4n) is 2.19. The predicted molar refractivity (Wildman–Crippen MR) is 69.5 cm³/mol. The van der Waals surface area contributed by atoms with Gasteiger partial charge in [-0.3, -0.25) is 0 Å². The van der Waals surface area contributed by atoms with E-state index >= 15 is 0 Å². The molecular weight excluding hydrogens is 322 g/mol. The first kappa shape index (κ1) is 13.9. The van der Waals surface area contributed by atoms with Crippen LogP contribution in [0.3, 0.4) is 0 Å². The second-order valence-electron chi connectivity index (χ2n) is 4.60. The summed E-state index contributed by atoms with van der Waals surface area (Å²) in [6, 6.07) is 0.256. The van der Waals surface area contributed by atoms with Crippen molar-refractivity contribution in [2.45, 2.75) is 31.0 Å². The van der Waals surface area contributed by atoms with E-state index in [1.165, 1.54) is 8.99 Å². The lowest BCUT2D eigenvalue weighted by molar-refractivity contribution is 0.261. The lowest BCUT2D eigenvalue weighted by atomic mass is 10.2. The third-order valence-corrected chi connectivity index (χ3v) is 5.57. The molecule has 1 fully saturated rings. The average molecular weight is 338 g/mol. The summed E-state index contributed by atoms with van der Waals surface area (Å²) in [4.78, 5) is 0. The second kappa shape index (κ2) is 4.87. The van der Waals surface area contributed by atoms with Crippen molar-refractivity contribution in [1.82, 2.24) is 24.6 Å². The molecule has 7 nitrogen and oxygen atoms in total. The summed E-state index contributed by atoms with van der Waals surface area (Å²) in [6.07, 6.45) is 0. The zero-order valence-corrected chi connectivity index (χ0v) is 12.9. The highest BCUT2D eigenvalue weighted by atomic mass is 79.9. The molecule has 0 amide bonds. The predicted octanol–water partition coefficient (Wildman–Crippen LogP) is -0.0515. The van der Waals surface area contributed by atoms with Gasteiger partial charge in [0.25, 0.3) is 10.0 Å². The number of sulfonamides is 1. The van der Waals surface area contributed by atoms with Gasteiger partial charge in [-0.25, -0.2) is 13.1 Å². The summed E-state index contributed by atoms with van der Waals surface area (Å²) in [5.41, 5.74) is 0. The van der Waals surface area contributed by atoms with Crippen molar-refractivity contribution in [3.8, 4) is 0 Å². The van der Waals surface area contributed by atoms with Crippen LogP contribution in [-0.4, -0.2) is 52.9 Å². The first-order valence-electron chi connectivity index (χ1n) is 5.63. The molecule has 18 heavy (non-hydrogen) atoms. The maximum Gasteiger partial charge on any atom is 0.263 e. The molecule has 2 rings (SSSR count). The molecule has 1 aromatic rings. The van der Waals surface area contributed by atoms with Crippen molar-refractivity contribution in [2.24, 2.45) is 7.05 Å². The second-order valence-corrected chi connectivity index (χ2v) is 7.20. The van der Waals surface area contributed by atoms with Gasteiger partial charge < -0.3 is 5.32 Å². The molecule has 9 heteroatoms. The molecule has 1 aliphatic rings. The van der Waals surface area contributed by atoms with Crippen molar-refractivity contribution in [3.63, 3.8) is 0 Å². The molecule has 0 aromatic carbocycles. The number of piperazine rings is 1. The molecule has 2 heterocycles. The first-order valence-corrected chi connectivity index (χ1v) is 7.87. The molecule has 1 aromatic heterocycles. The van der Waals surface area contributed by atoms with E-state index in [0.717, 1.165) is 0 Å². The number of nitrogens with one attached hydrogen (secondary N) is 1. The molecule has 0 aliphatic carbocycles. The van der Waals surface area contributed by atoms with Gasteiger partial charge in [-0.05, 0) is 29.8 Å². The number of rotatable bonds is 2. The maximum absolute atomic E-state index is 12.5. The summed E-state index contributed by atoms with van der Waals surface area (Å²) >= 11 is 3.13. The van der Waals surface area contributed by atoms with Gasteiger partial charge in [0.1, 0.15) is 0 Å². The number of aromatic nitrogens is 3. The van der Waals surface area contributed by atoms with Crippen LogP contribution in [-0.2, 0) is 17.1 Å². The Morgan fingerprint density at radius 2 is 1.89 bits per heavy atom. The zero-order chi connectivity index (χ0) is 13.5. The van der Waals surface area contributed by atoms with Crippen molar-refractivity contribution < 1.29 is 8.42 Å². The van der Waals surface area contributed by atoms with Gasteiger partial charge in [0.05, 0.1) is 0 Å². The highest BCUT2D eigenvalue weighted by Gasteiger charge is 2.35. The minimum atomic E-state index is -3.56. The average Bonchev–Trinajstić information content (AvgIpc) is 2.57. The van der Waals surface area contributed by atoms with Crippen LogP contribution in [0.25, 0.3) is 0 Å². The first-order chi connectivity index (χ1) is 8.32. The van der Waals surface area contributed by atoms with Crippen molar-refractivity contribution in [2.75, 3.05) is 13.1 Å². The third kappa shape index (κ3) is 2.44. The van der Waals surface area contributed by atoms with Gasteiger partial charge in [0.2, 0.25) is 5.03 Å². The Hall–Kier alpha value is -0.510. The Morgan fingerprint density at radius 3 is 2.33 bits per heavy atom. The molecule has 2 atom stereocenters. The van der Waals surface area contributed by atoms with Gasteiger partial charge >= 0.3 is 0 Å². The van der Waals surface area contributed by atoms with Crippen LogP contribution in [0.1, 0.15) is 13.8 Å². The van der Waals surface area contributed by atoms with E-state index in [2.05, 4.69) is 31.6 Å². The highest BCUT2D eigenvalue weighted by molar-refractivity contribution is 9.10. The van der Waals surface area contributed by atoms with Crippen LogP contribution in [0.4, 0.5) is 0 Å². The van der Waals surface area contributed by atoms with E-state index in [4.69, 9.17) is 0 Å². The number of nitrogens with zero attached hydrogens (tertiary/aromatic N) is 4. The standard InChI is InChI=1S/C9H16BrN5O2S/c1-6-4-15(5-7(2)11-6)18(16,17)9-8(10)12-13-14(9)3/h6-7,11H,4-5H2,1-3H3. The Kier molecular flexibility index (Phi) is 3.77. The lowest BCUT2D eigenvalue weighted by Crippen LogP contribution is -2.55. The molecule has 0 saturated carbocycles. The third-order valence-electron chi connectivity index (χ3n) is 2.85. The van der Waals surface area contributed by atoms with E-state index in [0.29, 0.717) is 13.1 Å². The van der Waals surface area contributed by atoms with Gasteiger partial charge in [-0.15, -0.1) is 5.10 Å². The fraction of sp³-hybridized carbons (Fsp3) is 0.778. The molecule has 0 radical (unpaired) electrons. The summed E-state index contributed by atoms with van der Waals surface area (Å²) < 4.78 is 28.1. The van der Waals surface area contributed by atoms with Gasteiger partial charge in [0, 0.05) is 32.2 Å². The fourth-order valence-corrected chi connectivity index (χ4v) is 4.84. The molecule has 102 valence electrons. The van der Waals surface area contributed by atoms with Gasteiger partial charge in [0.15, 0.2) is 4.60 Å². The lowest BCUT2D eigenvalue weighted by Gasteiger charge is -2.35. The molecule has 1 saturated heterocycles. The Bertz CT molecular complexity index is 514. The molecular formula is C9H16BrN5O2S. The number of hydrogen-bond acceptors (Lipinski definition) is 5. The normalized spacial score (nSPS) is 26.4. The van der Waals surface area contributed by atoms with Crippen molar-refractivity contribution in [3.05, 3.63) is 4.60 Å². The van der Waals surface area contributed by atoms with E-state index < -0.39 is 10.0 Å². The van der Waals surface area contributed by atoms with Crippen LogP contribution in [0, 0.1) is 0 Å². The molecule has 0 bridgehead atoms. The summed E-state index contributed by atoms with van der Waals surface area (Å²) in [6.45, 7) is 4.83. The van der Waals surface area contributed by atoms with Crippen molar-refractivity contribution >= 4 is 26.0 Å². The molecule has 2 unspecified atom stereocenters. The maximum atomic E-state index is 12.5. The zero-order valence-electron chi connectivity index (χ0n) is 10.5. The number of aryl methyl sites for hydroxylation is 1. The van der Waals surface area contributed by atoms with E-state index in [9.17, 15) is 8.42 Å². The SMILES string of the molecule is CC1CN(S(=O)(=O)c2c(Br)nnn2C)CC(C)N1. The Labute approximate surface area is 115 Å². The van der Waals surface area contributed by atoms with Crippen molar-refractivity contribution in [1.29, 1.82) is 0 Å². The monoisotopic (exact) mass is 337 g/mol. The highest BCUT2D eigenvalue weighted by Crippen LogP contribution is 2.23. The largest absolute Gasteiger partial charge is 0.309 e. The number of halogens is 1. The van der Waals surface area contributed by atoms with Gasteiger partial charge in [-0.1, -0.05) is 5.21 Å². The van der Waals surface area contributed by atoms with E-state index in [1.54, 1.807) is 7.05 Å². The van der Waals surface area contributed by atoms with Gasteiger partial charge in [-0.2, -0.15) is 4.31 Å². The van der Waals surface area contributed by atoms with Crippen LogP contribution >= 0.6 is 15.9 Å². The quantitative estimate of drug-likeness (QED) is 0.818. The van der Waals surface area contributed by atoms with E-state index in [-0.39, 0.29) is 21.7 Å². The van der Waals surface area contributed by atoms with Crippen LogP contribution in [0.2, 0.25) is 0 Å². The molecule has 1 N–H and O–H groups in total. The summed E-state index contributed by atoms with van der Waals surface area (Å²) in [5.74, 6) is 0. The van der Waals surface area contributed by atoms with E-state index in [1.807, 2.05) is 13.8 Å². The topological polar surface area (TPSA) is 80.1 Å². The smallest absolute Gasteiger partial charge is 0.263 e. The van der Waals surface area contributed by atoms with Crippen LogP contribution in [0.5, 0.6) is 0 Å². The summed E-state index contributed by atoms with van der Waals surface area (Å²) in [5, 5.41) is 10.8. The molecule has 1 aliphatic heterocycles. The van der Waals surface area contributed by atoms with Crippen LogP contribution < -0.4 is 5.32 Å². The minimum Gasteiger partial charge on any atom is -0.309 e. The number of hydrogen-bond donors (Lipinski definition) is 1.